The number of likely N-dealkylation sites (tertiary alicyclic amines) is 1. The Morgan fingerprint density at radius 2 is 1.73 bits per heavy atom. The van der Waals surface area contributed by atoms with Crippen LogP contribution in [0.5, 0.6) is 0 Å². The van der Waals surface area contributed by atoms with Crippen LogP contribution in [-0.2, 0) is 11.3 Å². The van der Waals surface area contributed by atoms with E-state index in [0.717, 1.165) is 77.7 Å². The zero-order valence-corrected chi connectivity index (χ0v) is 18.9. The largest absolute Gasteiger partial charge is 0.355 e. The van der Waals surface area contributed by atoms with E-state index < -0.39 is 0 Å². The lowest BCUT2D eigenvalue weighted by molar-refractivity contribution is -0.135. The molecule has 166 valence electrons. The second-order valence-electron chi connectivity index (χ2n) is 8.43. The Morgan fingerprint density at radius 1 is 1.07 bits per heavy atom. The highest BCUT2D eigenvalue weighted by Crippen LogP contribution is 2.14. The minimum absolute atomic E-state index is 0.0214. The SMILES string of the molecule is CN=C(NCCN(C)Cc1ccccc1)N1CCN(C(C)C(=O)N2CCCC2)CC1. The van der Waals surface area contributed by atoms with Gasteiger partial charge in [0.2, 0.25) is 5.91 Å². The highest BCUT2D eigenvalue weighted by Gasteiger charge is 2.30. The summed E-state index contributed by atoms with van der Waals surface area (Å²) >= 11 is 0. The molecule has 1 amide bonds. The van der Waals surface area contributed by atoms with Gasteiger partial charge in [-0.15, -0.1) is 0 Å². The fourth-order valence-corrected chi connectivity index (χ4v) is 4.34. The van der Waals surface area contributed by atoms with Crippen molar-refractivity contribution in [2.45, 2.75) is 32.4 Å². The molecule has 0 spiro atoms. The molecule has 2 aliphatic heterocycles. The van der Waals surface area contributed by atoms with Crippen LogP contribution in [0, 0.1) is 0 Å². The van der Waals surface area contributed by atoms with Crippen molar-refractivity contribution < 1.29 is 4.79 Å². The van der Waals surface area contributed by atoms with E-state index in [4.69, 9.17) is 0 Å². The minimum Gasteiger partial charge on any atom is -0.355 e. The van der Waals surface area contributed by atoms with Crippen molar-refractivity contribution in [2.24, 2.45) is 4.99 Å². The number of benzene rings is 1. The van der Waals surface area contributed by atoms with Crippen LogP contribution < -0.4 is 5.32 Å². The summed E-state index contributed by atoms with van der Waals surface area (Å²) in [7, 11) is 4.00. The van der Waals surface area contributed by atoms with Crippen molar-refractivity contribution in [3.05, 3.63) is 35.9 Å². The van der Waals surface area contributed by atoms with Gasteiger partial charge in [0, 0.05) is 66.0 Å². The van der Waals surface area contributed by atoms with Crippen molar-refractivity contribution in [3.63, 3.8) is 0 Å². The van der Waals surface area contributed by atoms with E-state index in [9.17, 15) is 4.79 Å². The van der Waals surface area contributed by atoms with Crippen LogP contribution in [0.25, 0.3) is 0 Å². The van der Waals surface area contributed by atoms with Crippen LogP contribution in [0.2, 0.25) is 0 Å². The summed E-state index contributed by atoms with van der Waals surface area (Å²) in [5.74, 6) is 1.26. The zero-order chi connectivity index (χ0) is 21.3. The molecule has 2 aliphatic rings. The van der Waals surface area contributed by atoms with E-state index in [1.807, 2.05) is 11.9 Å². The molecule has 7 nitrogen and oxygen atoms in total. The standard InChI is InChI=1S/C23H38N6O/c1-20(22(30)28-12-7-8-13-28)27-15-17-29(18-16-27)23(24-2)25-11-14-26(3)19-21-9-5-4-6-10-21/h4-6,9-10,20H,7-8,11-19H2,1-3H3,(H,24,25). The number of nitrogens with one attached hydrogen (secondary N) is 1. The number of rotatable bonds is 7. The molecule has 2 saturated heterocycles. The fraction of sp³-hybridized carbons (Fsp3) is 0.652. The number of hydrogen-bond donors (Lipinski definition) is 1. The van der Waals surface area contributed by atoms with Gasteiger partial charge in [0.05, 0.1) is 6.04 Å². The number of guanidine groups is 1. The third-order valence-electron chi connectivity index (χ3n) is 6.22. The van der Waals surface area contributed by atoms with E-state index in [1.165, 1.54) is 5.56 Å². The van der Waals surface area contributed by atoms with Gasteiger partial charge in [-0.05, 0) is 32.4 Å². The monoisotopic (exact) mass is 414 g/mol. The van der Waals surface area contributed by atoms with E-state index in [0.29, 0.717) is 5.91 Å². The third kappa shape index (κ3) is 6.19. The molecule has 1 unspecified atom stereocenters. The van der Waals surface area contributed by atoms with Crippen LogP contribution >= 0.6 is 0 Å². The third-order valence-corrected chi connectivity index (χ3v) is 6.22. The van der Waals surface area contributed by atoms with E-state index in [-0.39, 0.29) is 6.04 Å². The first kappa shape index (κ1) is 22.6. The second-order valence-corrected chi connectivity index (χ2v) is 8.43. The summed E-state index contributed by atoms with van der Waals surface area (Å²) in [5, 5.41) is 3.51. The lowest BCUT2D eigenvalue weighted by Crippen LogP contribution is -2.57. The maximum Gasteiger partial charge on any atom is 0.239 e. The number of carbonyl (C=O) groups excluding carboxylic acids is 1. The van der Waals surface area contributed by atoms with Gasteiger partial charge in [-0.25, -0.2) is 0 Å². The average Bonchev–Trinajstić information content (AvgIpc) is 3.31. The van der Waals surface area contributed by atoms with E-state index in [1.54, 1.807) is 0 Å². The van der Waals surface area contributed by atoms with Crippen molar-refractivity contribution in [2.75, 3.05) is 66.5 Å². The van der Waals surface area contributed by atoms with Gasteiger partial charge in [-0.1, -0.05) is 30.3 Å². The summed E-state index contributed by atoms with van der Waals surface area (Å²) in [6.07, 6.45) is 2.30. The molecule has 2 fully saturated rings. The first-order valence-corrected chi connectivity index (χ1v) is 11.3. The summed E-state index contributed by atoms with van der Waals surface area (Å²) in [4.78, 5) is 26.1. The van der Waals surface area contributed by atoms with Gasteiger partial charge < -0.3 is 20.0 Å². The lowest BCUT2D eigenvalue weighted by Gasteiger charge is -2.39. The number of aliphatic imine (C=N–C) groups is 1. The summed E-state index contributed by atoms with van der Waals surface area (Å²) in [6.45, 7) is 10.3. The van der Waals surface area contributed by atoms with Crippen LogP contribution in [0.3, 0.4) is 0 Å². The van der Waals surface area contributed by atoms with Crippen LogP contribution in [0.1, 0.15) is 25.3 Å². The number of likely N-dealkylation sites (N-methyl/N-ethyl adjacent to an activating group) is 1. The molecule has 0 saturated carbocycles. The van der Waals surface area contributed by atoms with Gasteiger partial charge in [0.25, 0.3) is 0 Å². The van der Waals surface area contributed by atoms with Crippen LogP contribution in [0.15, 0.2) is 35.3 Å². The first-order valence-electron chi connectivity index (χ1n) is 11.3. The molecule has 7 heteroatoms. The number of hydrogen-bond acceptors (Lipinski definition) is 4. The summed E-state index contributed by atoms with van der Waals surface area (Å²) in [5.41, 5.74) is 1.33. The Hall–Kier alpha value is -2.12. The van der Waals surface area contributed by atoms with Crippen molar-refractivity contribution in [1.82, 2.24) is 24.9 Å². The maximum absolute atomic E-state index is 12.7. The fourth-order valence-electron chi connectivity index (χ4n) is 4.34. The number of nitrogens with zero attached hydrogens (tertiary/aromatic N) is 5. The van der Waals surface area contributed by atoms with Gasteiger partial charge in [0.15, 0.2) is 5.96 Å². The van der Waals surface area contributed by atoms with Gasteiger partial charge >= 0.3 is 0 Å². The minimum atomic E-state index is -0.0214. The van der Waals surface area contributed by atoms with Crippen molar-refractivity contribution >= 4 is 11.9 Å². The number of carbonyl (C=O) groups is 1. The smallest absolute Gasteiger partial charge is 0.239 e. The highest BCUT2D eigenvalue weighted by atomic mass is 16.2. The molecule has 0 aromatic heterocycles. The summed E-state index contributed by atoms with van der Waals surface area (Å²) in [6, 6.07) is 10.5. The lowest BCUT2D eigenvalue weighted by atomic mass is 10.2. The van der Waals surface area contributed by atoms with E-state index >= 15 is 0 Å². The molecule has 1 aromatic rings. The Morgan fingerprint density at radius 3 is 2.37 bits per heavy atom. The quantitative estimate of drug-likeness (QED) is 0.539. The van der Waals surface area contributed by atoms with Crippen LogP contribution in [0.4, 0.5) is 0 Å². The Kier molecular flexibility index (Phi) is 8.51. The molecule has 30 heavy (non-hydrogen) atoms. The molecule has 0 radical (unpaired) electrons. The normalized spacial score (nSPS) is 19.4. The molecule has 1 atom stereocenters. The average molecular weight is 415 g/mol. The van der Waals surface area contributed by atoms with Crippen molar-refractivity contribution in [1.29, 1.82) is 0 Å². The Bertz CT molecular complexity index is 680. The van der Waals surface area contributed by atoms with Gasteiger partial charge in [-0.3, -0.25) is 14.7 Å². The number of piperazine rings is 1. The molecular weight excluding hydrogens is 376 g/mol. The van der Waals surface area contributed by atoms with Crippen LogP contribution in [-0.4, -0.2) is 104 Å². The predicted molar refractivity (Wildman–Crippen MR) is 123 cm³/mol. The van der Waals surface area contributed by atoms with E-state index in [2.05, 4.69) is 69.3 Å². The molecule has 0 aliphatic carbocycles. The molecule has 3 rings (SSSR count). The molecule has 1 N–H and O–H groups in total. The number of amides is 1. The topological polar surface area (TPSA) is 54.4 Å². The highest BCUT2D eigenvalue weighted by molar-refractivity contribution is 5.82. The predicted octanol–water partition coefficient (Wildman–Crippen LogP) is 1.32. The first-order chi connectivity index (χ1) is 14.6. The van der Waals surface area contributed by atoms with Crippen molar-refractivity contribution in [3.8, 4) is 0 Å². The summed E-state index contributed by atoms with van der Waals surface area (Å²) < 4.78 is 0. The molecule has 1 aromatic carbocycles. The van der Waals surface area contributed by atoms with Gasteiger partial charge in [-0.2, -0.15) is 0 Å². The Balaban J connectivity index is 1.38. The molecule has 2 heterocycles. The molecular formula is C23H38N6O. The molecule has 0 bridgehead atoms. The Labute approximate surface area is 181 Å². The maximum atomic E-state index is 12.7. The van der Waals surface area contributed by atoms with Gasteiger partial charge in [0.1, 0.15) is 0 Å². The zero-order valence-electron chi connectivity index (χ0n) is 18.9. The second kappa shape index (κ2) is 11.3.